The molecule has 0 saturated heterocycles. The Bertz CT molecular complexity index is 495. The standard InChI is InChI=1S/C15H20N2O2/c1-10(2)9-16-15(19)12-6-7-13-11(8-12)4-3-5-14(18)17-13/h6-8,10H,3-5,9H2,1-2H3,(H,16,19)(H,17,18). The van der Waals surface area contributed by atoms with Crippen LogP contribution < -0.4 is 10.6 Å². The minimum atomic E-state index is -0.0490. The van der Waals surface area contributed by atoms with E-state index < -0.39 is 0 Å². The number of rotatable bonds is 3. The minimum absolute atomic E-state index is 0.0490. The maximum atomic E-state index is 12.0. The van der Waals surface area contributed by atoms with Gasteiger partial charge in [0.2, 0.25) is 5.91 Å². The summed E-state index contributed by atoms with van der Waals surface area (Å²) in [6.45, 7) is 4.80. The van der Waals surface area contributed by atoms with E-state index in [2.05, 4.69) is 24.5 Å². The maximum absolute atomic E-state index is 12.0. The summed E-state index contributed by atoms with van der Waals surface area (Å²) in [6, 6.07) is 5.47. The maximum Gasteiger partial charge on any atom is 0.251 e. The van der Waals surface area contributed by atoms with Crippen molar-refractivity contribution in [3.05, 3.63) is 29.3 Å². The van der Waals surface area contributed by atoms with Crippen molar-refractivity contribution < 1.29 is 9.59 Å². The molecule has 0 aromatic heterocycles. The Balaban J connectivity index is 2.14. The lowest BCUT2D eigenvalue weighted by molar-refractivity contribution is -0.116. The monoisotopic (exact) mass is 260 g/mol. The summed E-state index contributed by atoms with van der Waals surface area (Å²) < 4.78 is 0. The van der Waals surface area contributed by atoms with E-state index in [1.165, 1.54) is 0 Å². The van der Waals surface area contributed by atoms with Gasteiger partial charge in [-0.15, -0.1) is 0 Å². The van der Waals surface area contributed by atoms with Crippen molar-refractivity contribution in [1.29, 1.82) is 0 Å². The van der Waals surface area contributed by atoms with Crippen LogP contribution in [-0.4, -0.2) is 18.4 Å². The van der Waals surface area contributed by atoms with E-state index in [1.54, 1.807) is 6.07 Å². The highest BCUT2D eigenvalue weighted by atomic mass is 16.2. The Morgan fingerprint density at radius 3 is 2.89 bits per heavy atom. The third kappa shape index (κ3) is 3.56. The van der Waals surface area contributed by atoms with E-state index in [0.29, 0.717) is 24.4 Å². The van der Waals surface area contributed by atoms with Crippen LogP contribution in [0.5, 0.6) is 0 Å². The largest absolute Gasteiger partial charge is 0.352 e. The van der Waals surface area contributed by atoms with Gasteiger partial charge in [-0.2, -0.15) is 0 Å². The van der Waals surface area contributed by atoms with Gasteiger partial charge in [-0.05, 0) is 42.5 Å². The summed E-state index contributed by atoms with van der Waals surface area (Å²) in [7, 11) is 0. The number of carbonyl (C=O) groups is 2. The highest BCUT2D eigenvalue weighted by Gasteiger charge is 2.15. The van der Waals surface area contributed by atoms with Crippen LogP contribution >= 0.6 is 0 Å². The van der Waals surface area contributed by atoms with Crippen LogP contribution in [0.2, 0.25) is 0 Å². The molecule has 0 atom stereocenters. The molecule has 0 spiro atoms. The summed E-state index contributed by atoms with van der Waals surface area (Å²) in [5.74, 6) is 0.437. The van der Waals surface area contributed by atoms with E-state index >= 15 is 0 Å². The second kappa shape index (κ2) is 5.87. The van der Waals surface area contributed by atoms with Gasteiger partial charge >= 0.3 is 0 Å². The van der Waals surface area contributed by atoms with Crippen molar-refractivity contribution in [1.82, 2.24) is 5.32 Å². The van der Waals surface area contributed by atoms with Gasteiger partial charge in [0.05, 0.1) is 0 Å². The third-order valence-corrected chi connectivity index (χ3v) is 3.16. The smallest absolute Gasteiger partial charge is 0.251 e. The van der Waals surface area contributed by atoms with Crippen molar-refractivity contribution in [2.24, 2.45) is 5.92 Å². The summed E-state index contributed by atoms with van der Waals surface area (Å²) in [5, 5.41) is 5.77. The molecule has 1 aliphatic heterocycles. The first-order valence-corrected chi connectivity index (χ1v) is 6.77. The topological polar surface area (TPSA) is 58.2 Å². The molecule has 1 heterocycles. The molecule has 0 aliphatic carbocycles. The van der Waals surface area contributed by atoms with Gasteiger partial charge in [-0.25, -0.2) is 0 Å². The molecule has 4 nitrogen and oxygen atoms in total. The molecule has 1 aromatic carbocycles. The van der Waals surface area contributed by atoms with Crippen LogP contribution in [0.3, 0.4) is 0 Å². The number of anilines is 1. The Labute approximate surface area is 113 Å². The lowest BCUT2D eigenvalue weighted by Gasteiger charge is -2.11. The average Bonchev–Trinajstić information content (AvgIpc) is 2.55. The first kappa shape index (κ1) is 13.6. The van der Waals surface area contributed by atoms with Crippen LogP contribution in [0.4, 0.5) is 5.69 Å². The molecule has 0 saturated carbocycles. The first-order valence-electron chi connectivity index (χ1n) is 6.77. The molecule has 1 aromatic rings. The number of nitrogens with one attached hydrogen (secondary N) is 2. The Morgan fingerprint density at radius 1 is 1.37 bits per heavy atom. The predicted molar refractivity (Wildman–Crippen MR) is 75.2 cm³/mol. The number of hydrogen-bond donors (Lipinski definition) is 2. The molecule has 0 unspecified atom stereocenters. The Morgan fingerprint density at radius 2 is 2.16 bits per heavy atom. The number of hydrogen-bond acceptors (Lipinski definition) is 2. The fourth-order valence-electron chi connectivity index (χ4n) is 2.11. The lowest BCUT2D eigenvalue weighted by Crippen LogP contribution is -2.27. The summed E-state index contributed by atoms with van der Waals surface area (Å²) in [4.78, 5) is 23.4. The molecule has 0 bridgehead atoms. The summed E-state index contributed by atoms with van der Waals surface area (Å²) >= 11 is 0. The van der Waals surface area contributed by atoms with E-state index in [-0.39, 0.29) is 11.8 Å². The second-order valence-electron chi connectivity index (χ2n) is 5.38. The highest BCUT2D eigenvalue weighted by molar-refractivity contribution is 5.97. The molecule has 102 valence electrons. The van der Waals surface area contributed by atoms with Gasteiger partial charge in [-0.3, -0.25) is 9.59 Å². The molecule has 4 heteroatoms. The highest BCUT2D eigenvalue weighted by Crippen LogP contribution is 2.23. The van der Waals surface area contributed by atoms with Crippen LogP contribution in [0.15, 0.2) is 18.2 Å². The summed E-state index contributed by atoms with van der Waals surface area (Å²) in [5.41, 5.74) is 2.54. The zero-order chi connectivity index (χ0) is 13.8. The zero-order valence-corrected chi connectivity index (χ0v) is 11.5. The zero-order valence-electron chi connectivity index (χ0n) is 11.5. The second-order valence-corrected chi connectivity index (χ2v) is 5.38. The fraction of sp³-hybridized carbons (Fsp3) is 0.467. The van der Waals surface area contributed by atoms with Crippen molar-refractivity contribution in [3.63, 3.8) is 0 Å². The predicted octanol–water partition coefficient (Wildman–Crippen LogP) is 2.35. The van der Waals surface area contributed by atoms with Crippen LogP contribution in [0.1, 0.15) is 42.6 Å². The SMILES string of the molecule is CC(C)CNC(=O)c1ccc2c(c1)CCCC(=O)N2. The quantitative estimate of drug-likeness (QED) is 0.876. The van der Waals surface area contributed by atoms with Gasteiger partial charge in [-0.1, -0.05) is 13.8 Å². The minimum Gasteiger partial charge on any atom is -0.352 e. The molecular formula is C15H20N2O2. The molecular weight excluding hydrogens is 240 g/mol. The van der Waals surface area contributed by atoms with Gasteiger partial charge in [0, 0.05) is 24.2 Å². The van der Waals surface area contributed by atoms with Gasteiger partial charge in [0.1, 0.15) is 0 Å². The normalized spacial score (nSPS) is 14.6. The van der Waals surface area contributed by atoms with E-state index in [0.717, 1.165) is 24.1 Å². The van der Waals surface area contributed by atoms with Crippen LogP contribution in [0.25, 0.3) is 0 Å². The molecule has 0 fully saturated rings. The van der Waals surface area contributed by atoms with E-state index in [1.807, 2.05) is 12.1 Å². The fourth-order valence-corrected chi connectivity index (χ4v) is 2.11. The van der Waals surface area contributed by atoms with Crippen molar-refractivity contribution in [2.75, 3.05) is 11.9 Å². The van der Waals surface area contributed by atoms with Gasteiger partial charge in [0.25, 0.3) is 5.91 Å². The number of benzene rings is 1. The molecule has 1 aliphatic rings. The number of amides is 2. The average molecular weight is 260 g/mol. The number of fused-ring (bicyclic) bond motifs is 1. The van der Waals surface area contributed by atoms with Crippen molar-refractivity contribution in [3.8, 4) is 0 Å². The Kier molecular flexibility index (Phi) is 4.20. The molecule has 2 rings (SSSR count). The van der Waals surface area contributed by atoms with Gasteiger partial charge in [0.15, 0.2) is 0 Å². The van der Waals surface area contributed by atoms with Crippen molar-refractivity contribution >= 4 is 17.5 Å². The molecule has 2 N–H and O–H groups in total. The number of carbonyl (C=O) groups excluding carboxylic acids is 2. The van der Waals surface area contributed by atoms with E-state index in [9.17, 15) is 9.59 Å². The van der Waals surface area contributed by atoms with Gasteiger partial charge < -0.3 is 10.6 Å². The molecule has 19 heavy (non-hydrogen) atoms. The first-order chi connectivity index (χ1) is 9.06. The van der Waals surface area contributed by atoms with E-state index in [4.69, 9.17) is 0 Å². The van der Waals surface area contributed by atoms with Crippen molar-refractivity contribution in [2.45, 2.75) is 33.1 Å². The summed E-state index contributed by atoms with van der Waals surface area (Å²) in [6.07, 6.45) is 2.21. The van der Waals surface area contributed by atoms with Crippen LogP contribution in [0, 0.1) is 5.92 Å². The number of aryl methyl sites for hydroxylation is 1. The molecule has 0 radical (unpaired) electrons. The van der Waals surface area contributed by atoms with Crippen LogP contribution in [-0.2, 0) is 11.2 Å². The molecule has 2 amide bonds. The lowest BCUT2D eigenvalue weighted by atomic mass is 10.0. The third-order valence-electron chi connectivity index (χ3n) is 3.16. The Hall–Kier alpha value is -1.84.